The Balaban J connectivity index is 1.57. The molecule has 0 aliphatic carbocycles. The van der Waals surface area contributed by atoms with Gasteiger partial charge in [0.05, 0.1) is 6.10 Å². The van der Waals surface area contributed by atoms with Crippen LogP contribution in [0.2, 0.25) is 0 Å². The summed E-state index contributed by atoms with van der Waals surface area (Å²) in [6.07, 6.45) is 4.01. The topological polar surface area (TPSA) is 89.3 Å². The Hall–Kier alpha value is -1.66. The van der Waals surface area contributed by atoms with Crippen molar-refractivity contribution in [3.63, 3.8) is 0 Å². The van der Waals surface area contributed by atoms with E-state index in [4.69, 9.17) is 10.5 Å². The molecule has 1 amide bonds. The van der Waals surface area contributed by atoms with Crippen molar-refractivity contribution in [2.24, 2.45) is 5.73 Å². The van der Waals surface area contributed by atoms with Crippen molar-refractivity contribution in [1.82, 2.24) is 10.3 Å². The minimum atomic E-state index is -0.328. The summed E-state index contributed by atoms with van der Waals surface area (Å²) in [7, 11) is 0. The zero-order valence-corrected chi connectivity index (χ0v) is 12.5. The summed E-state index contributed by atoms with van der Waals surface area (Å²) in [4.78, 5) is 16.1. The number of carbonyl (C=O) groups excluding carboxylic acids is 1. The SMILES string of the molecule is Cc1ccc(NCCCNC(=O)[C@@H]2CC[C@H](CN)O2)nc1. The van der Waals surface area contributed by atoms with E-state index in [0.29, 0.717) is 13.1 Å². The molecule has 0 aromatic carbocycles. The van der Waals surface area contributed by atoms with Crippen LogP contribution in [0.15, 0.2) is 18.3 Å². The molecule has 21 heavy (non-hydrogen) atoms. The van der Waals surface area contributed by atoms with Gasteiger partial charge in [0.1, 0.15) is 11.9 Å². The quantitative estimate of drug-likeness (QED) is 0.647. The highest BCUT2D eigenvalue weighted by Gasteiger charge is 2.29. The van der Waals surface area contributed by atoms with E-state index >= 15 is 0 Å². The molecule has 6 heteroatoms. The minimum absolute atomic E-state index is 0.0283. The Bertz CT molecular complexity index is 449. The average molecular weight is 292 g/mol. The summed E-state index contributed by atoms with van der Waals surface area (Å²) < 4.78 is 5.55. The number of aryl methyl sites for hydroxylation is 1. The fourth-order valence-corrected chi connectivity index (χ4v) is 2.27. The Morgan fingerprint density at radius 3 is 2.95 bits per heavy atom. The van der Waals surface area contributed by atoms with Crippen molar-refractivity contribution < 1.29 is 9.53 Å². The molecular weight excluding hydrogens is 268 g/mol. The van der Waals surface area contributed by atoms with Crippen LogP contribution in [0.5, 0.6) is 0 Å². The van der Waals surface area contributed by atoms with E-state index in [1.807, 2.05) is 25.3 Å². The molecule has 0 spiro atoms. The molecule has 0 bridgehead atoms. The fourth-order valence-electron chi connectivity index (χ4n) is 2.27. The number of pyridine rings is 1. The van der Waals surface area contributed by atoms with Crippen molar-refractivity contribution in [1.29, 1.82) is 0 Å². The van der Waals surface area contributed by atoms with Gasteiger partial charge < -0.3 is 21.1 Å². The van der Waals surface area contributed by atoms with E-state index in [2.05, 4.69) is 15.6 Å². The number of hydrogen-bond donors (Lipinski definition) is 3. The molecule has 1 aromatic rings. The van der Waals surface area contributed by atoms with Gasteiger partial charge in [-0.15, -0.1) is 0 Å². The van der Waals surface area contributed by atoms with E-state index in [9.17, 15) is 4.79 Å². The molecule has 2 heterocycles. The lowest BCUT2D eigenvalue weighted by Gasteiger charge is -2.12. The largest absolute Gasteiger partial charge is 0.370 e. The highest BCUT2D eigenvalue weighted by Crippen LogP contribution is 2.18. The number of nitrogens with two attached hydrogens (primary N) is 1. The molecule has 2 rings (SSSR count). The van der Waals surface area contributed by atoms with Crippen LogP contribution in [0, 0.1) is 6.92 Å². The summed E-state index contributed by atoms with van der Waals surface area (Å²) in [6.45, 7) is 3.89. The van der Waals surface area contributed by atoms with Crippen LogP contribution in [0.25, 0.3) is 0 Å². The van der Waals surface area contributed by atoms with Crippen molar-refractivity contribution in [3.05, 3.63) is 23.9 Å². The first kappa shape index (κ1) is 15.7. The van der Waals surface area contributed by atoms with Crippen molar-refractivity contribution in [3.8, 4) is 0 Å². The number of hydrogen-bond acceptors (Lipinski definition) is 5. The highest BCUT2D eigenvalue weighted by molar-refractivity contribution is 5.80. The van der Waals surface area contributed by atoms with Crippen molar-refractivity contribution in [2.75, 3.05) is 25.0 Å². The predicted octanol–water partition coefficient (Wildman–Crippen LogP) is 0.815. The molecule has 116 valence electrons. The molecule has 1 fully saturated rings. The maximum Gasteiger partial charge on any atom is 0.249 e. The van der Waals surface area contributed by atoms with Crippen LogP contribution < -0.4 is 16.4 Å². The van der Waals surface area contributed by atoms with Crippen LogP contribution in [-0.4, -0.2) is 42.7 Å². The molecule has 6 nitrogen and oxygen atoms in total. The smallest absolute Gasteiger partial charge is 0.249 e. The zero-order chi connectivity index (χ0) is 15.1. The molecule has 1 saturated heterocycles. The molecule has 0 saturated carbocycles. The second-order valence-corrected chi connectivity index (χ2v) is 5.35. The number of carbonyl (C=O) groups is 1. The third kappa shape index (κ3) is 4.99. The fraction of sp³-hybridized carbons (Fsp3) is 0.600. The summed E-state index contributed by atoms with van der Waals surface area (Å²) >= 11 is 0. The normalized spacial score (nSPS) is 21.2. The number of rotatable bonds is 7. The van der Waals surface area contributed by atoms with E-state index in [0.717, 1.165) is 37.2 Å². The van der Waals surface area contributed by atoms with Crippen LogP contribution in [0.3, 0.4) is 0 Å². The summed E-state index contributed by atoms with van der Waals surface area (Å²) in [5.74, 6) is 0.830. The standard InChI is InChI=1S/C15H24N4O2/c1-11-3-6-14(19-10-11)17-7-2-8-18-15(20)13-5-4-12(9-16)21-13/h3,6,10,12-13H,2,4-5,7-9,16H2,1H3,(H,17,19)(H,18,20)/t12-,13+/m1/s1. The van der Waals surface area contributed by atoms with Crippen LogP contribution in [0.4, 0.5) is 5.82 Å². The first-order valence-electron chi connectivity index (χ1n) is 7.49. The maximum atomic E-state index is 11.9. The lowest BCUT2D eigenvalue weighted by Crippen LogP contribution is -2.36. The molecule has 1 aliphatic rings. The minimum Gasteiger partial charge on any atom is -0.370 e. The molecule has 0 unspecified atom stereocenters. The molecule has 0 radical (unpaired) electrons. The third-order valence-corrected chi connectivity index (χ3v) is 3.53. The number of nitrogens with one attached hydrogen (secondary N) is 2. The summed E-state index contributed by atoms with van der Waals surface area (Å²) in [5.41, 5.74) is 6.67. The Morgan fingerprint density at radius 2 is 2.29 bits per heavy atom. The van der Waals surface area contributed by atoms with E-state index in [1.165, 1.54) is 0 Å². The molecule has 4 N–H and O–H groups in total. The second-order valence-electron chi connectivity index (χ2n) is 5.35. The third-order valence-electron chi connectivity index (χ3n) is 3.53. The lowest BCUT2D eigenvalue weighted by molar-refractivity contribution is -0.131. The van der Waals surface area contributed by atoms with Crippen molar-refractivity contribution >= 4 is 11.7 Å². The first-order valence-corrected chi connectivity index (χ1v) is 7.49. The molecule has 1 aromatic heterocycles. The van der Waals surface area contributed by atoms with Gasteiger partial charge in [0, 0.05) is 25.8 Å². The predicted molar refractivity (Wildman–Crippen MR) is 82.0 cm³/mol. The number of ether oxygens (including phenoxy) is 1. The van der Waals surface area contributed by atoms with Gasteiger partial charge in [-0.1, -0.05) is 6.07 Å². The van der Waals surface area contributed by atoms with Gasteiger partial charge in [0.15, 0.2) is 0 Å². The van der Waals surface area contributed by atoms with Gasteiger partial charge in [-0.3, -0.25) is 4.79 Å². The average Bonchev–Trinajstić information content (AvgIpc) is 2.98. The van der Waals surface area contributed by atoms with Gasteiger partial charge in [-0.05, 0) is 37.8 Å². The zero-order valence-electron chi connectivity index (χ0n) is 12.5. The number of nitrogens with zero attached hydrogens (tertiary/aromatic N) is 1. The number of anilines is 1. The Kier molecular flexibility index (Phi) is 5.95. The summed E-state index contributed by atoms with van der Waals surface area (Å²) in [6, 6.07) is 3.97. The van der Waals surface area contributed by atoms with Crippen LogP contribution in [-0.2, 0) is 9.53 Å². The van der Waals surface area contributed by atoms with Crippen LogP contribution >= 0.6 is 0 Å². The van der Waals surface area contributed by atoms with Gasteiger partial charge in [-0.2, -0.15) is 0 Å². The van der Waals surface area contributed by atoms with E-state index < -0.39 is 0 Å². The van der Waals surface area contributed by atoms with E-state index in [-0.39, 0.29) is 18.1 Å². The van der Waals surface area contributed by atoms with Gasteiger partial charge in [0.25, 0.3) is 0 Å². The van der Waals surface area contributed by atoms with Crippen LogP contribution in [0.1, 0.15) is 24.8 Å². The second kappa shape index (κ2) is 7.95. The number of aromatic nitrogens is 1. The molecule has 1 aliphatic heterocycles. The summed E-state index contributed by atoms with van der Waals surface area (Å²) in [5, 5.41) is 6.12. The maximum absolute atomic E-state index is 11.9. The number of amides is 1. The van der Waals surface area contributed by atoms with E-state index in [1.54, 1.807) is 0 Å². The van der Waals surface area contributed by atoms with Gasteiger partial charge >= 0.3 is 0 Å². The molecular formula is C15H24N4O2. The Labute approximate surface area is 125 Å². The molecule has 2 atom stereocenters. The first-order chi connectivity index (χ1) is 10.2. The van der Waals surface area contributed by atoms with Gasteiger partial charge in [0.2, 0.25) is 5.91 Å². The highest BCUT2D eigenvalue weighted by atomic mass is 16.5. The van der Waals surface area contributed by atoms with Crippen molar-refractivity contribution in [2.45, 2.75) is 38.4 Å². The Morgan fingerprint density at radius 1 is 1.43 bits per heavy atom. The lowest BCUT2D eigenvalue weighted by atomic mass is 10.2. The monoisotopic (exact) mass is 292 g/mol. The van der Waals surface area contributed by atoms with Gasteiger partial charge in [-0.25, -0.2) is 4.98 Å².